The molecule has 0 unspecified atom stereocenters. The summed E-state index contributed by atoms with van der Waals surface area (Å²) in [5, 5.41) is 5.60. The van der Waals surface area contributed by atoms with Crippen LogP contribution in [0.1, 0.15) is 17.0 Å². The molecule has 0 aliphatic heterocycles. The standard InChI is InChI=1S/C19H19N7O4/c1-9-12(10(2)26-14(21-9)7-16(28)23-26)6-15(27)22-11-5-13-17(20-8-11)24(3)19(30)25(4)18(13)29/h5,7-8H,6H2,1-4H3,(H,22,27)(H,23,28). The molecule has 0 fully saturated rings. The van der Waals surface area contributed by atoms with E-state index in [-0.39, 0.29) is 28.9 Å². The first kappa shape index (κ1) is 19.3. The number of amides is 1. The summed E-state index contributed by atoms with van der Waals surface area (Å²) in [4.78, 5) is 57.2. The number of pyridine rings is 1. The third-order valence-corrected chi connectivity index (χ3v) is 5.12. The average molecular weight is 409 g/mol. The first-order valence-corrected chi connectivity index (χ1v) is 9.11. The molecule has 1 amide bonds. The van der Waals surface area contributed by atoms with Crippen molar-refractivity contribution in [3.63, 3.8) is 0 Å². The largest absolute Gasteiger partial charge is 0.332 e. The van der Waals surface area contributed by atoms with E-state index < -0.39 is 11.2 Å². The lowest BCUT2D eigenvalue weighted by molar-refractivity contribution is -0.115. The number of nitrogens with zero attached hydrogens (tertiary/aromatic N) is 5. The van der Waals surface area contributed by atoms with E-state index in [4.69, 9.17) is 0 Å². The van der Waals surface area contributed by atoms with Gasteiger partial charge >= 0.3 is 5.69 Å². The van der Waals surface area contributed by atoms with Gasteiger partial charge in [-0.15, -0.1) is 0 Å². The van der Waals surface area contributed by atoms with Crippen molar-refractivity contribution >= 4 is 28.3 Å². The summed E-state index contributed by atoms with van der Waals surface area (Å²) < 4.78 is 3.80. The number of rotatable bonds is 3. The van der Waals surface area contributed by atoms with Crippen LogP contribution in [0.15, 0.2) is 32.7 Å². The lowest BCUT2D eigenvalue weighted by Crippen LogP contribution is -2.37. The van der Waals surface area contributed by atoms with Crippen molar-refractivity contribution in [1.82, 2.24) is 28.7 Å². The number of nitrogens with one attached hydrogen (secondary N) is 2. The minimum Gasteiger partial charge on any atom is -0.324 e. The third kappa shape index (κ3) is 3.00. The Balaban J connectivity index is 1.67. The summed E-state index contributed by atoms with van der Waals surface area (Å²) in [5.74, 6) is -0.334. The van der Waals surface area contributed by atoms with Crippen molar-refractivity contribution in [1.29, 1.82) is 0 Å². The molecule has 0 saturated heterocycles. The SMILES string of the molecule is Cc1nc2cc(=O)[nH]n2c(C)c1CC(=O)Nc1cnc2c(c1)c(=O)n(C)c(=O)n2C. The maximum atomic E-state index is 12.7. The van der Waals surface area contributed by atoms with Crippen molar-refractivity contribution in [3.05, 3.63) is 66.5 Å². The van der Waals surface area contributed by atoms with Crippen LogP contribution in [0.25, 0.3) is 16.7 Å². The molecule has 0 aliphatic rings. The maximum Gasteiger partial charge on any atom is 0.332 e. The highest BCUT2D eigenvalue weighted by Crippen LogP contribution is 2.16. The first-order chi connectivity index (χ1) is 14.2. The molecule has 4 aromatic heterocycles. The highest BCUT2D eigenvalue weighted by Gasteiger charge is 2.16. The van der Waals surface area contributed by atoms with Gasteiger partial charge in [-0.1, -0.05) is 0 Å². The molecule has 0 spiro atoms. The van der Waals surface area contributed by atoms with Gasteiger partial charge in [-0.05, 0) is 19.9 Å². The van der Waals surface area contributed by atoms with Crippen LogP contribution >= 0.6 is 0 Å². The Bertz CT molecular complexity index is 1520. The molecule has 30 heavy (non-hydrogen) atoms. The second kappa shape index (κ2) is 6.79. The van der Waals surface area contributed by atoms with E-state index in [1.807, 2.05) is 0 Å². The van der Waals surface area contributed by atoms with Crippen molar-refractivity contribution in [3.8, 4) is 0 Å². The van der Waals surface area contributed by atoms with E-state index in [0.717, 1.165) is 4.57 Å². The minimum atomic E-state index is -0.491. The molecule has 0 atom stereocenters. The molecule has 4 aromatic rings. The predicted octanol–water partition coefficient (Wildman–Crippen LogP) is -0.234. The fraction of sp³-hybridized carbons (Fsp3) is 0.263. The van der Waals surface area contributed by atoms with E-state index in [2.05, 4.69) is 20.4 Å². The molecule has 4 rings (SSSR count). The summed E-state index contributed by atoms with van der Waals surface area (Å²) in [5.41, 5.74) is 1.84. The Morgan fingerprint density at radius 1 is 1.13 bits per heavy atom. The molecular formula is C19H19N7O4. The lowest BCUT2D eigenvalue weighted by atomic mass is 10.1. The second-order valence-electron chi connectivity index (χ2n) is 7.10. The van der Waals surface area contributed by atoms with Crippen LogP contribution in [0, 0.1) is 13.8 Å². The summed E-state index contributed by atoms with van der Waals surface area (Å²) in [6, 6.07) is 2.88. The van der Waals surface area contributed by atoms with Crippen LogP contribution < -0.4 is 22.1 Å². The van der Waals surface area contributed by atoms with Gasteiger partial charge in [0.25, 0.3) is 11.1 Å². The second-order valence-corrected chi connectivity index (χ2v) is 7.10. The molecule has 0 saturated carbocycles. The summed E-state index contributed by atoms with van der Waals surface area (Å²) in [7, 11) is 2.91. The normalized spacial score (nSPS) is 11.3. The Hall–Kier alpha value is -4.02. The molecule has 0 bridgehead atoms. The number of hydrogen-bond donors (Lipinski definition) is 2. The first-order valence-electron chi connectivity index (χ1n) is 9.11. The van der Waals surface area contributed by atoms with E-state index in [0.29, 0.717) is 28.3 Å². The molecular weight excluding hydrogens is 390 g/mol. The third-order valence-electron chi connectivity index (χ3n) is 5.12. The molecule has 11 heteroatoms. The highest BCUT2D eigenvalue weighted by atomic mass is 16.2. The van der Waals surface area contributed by atoms with Gasteiger partial charge in [0.2, 0.25) is 5.91 Å². The van der Waals surface area contributed by atoms with E-state index in [9.17, 15) is 19.2 Å². The number of carbonyl (C=O) groups excluding carboxylic acids is 1. The fourth-order valence-corrected chi connectivity index (χ4v) is 3.51. The highest BCUT2D eigenvalue weighted by molar-refractivity contribution is 5.94. The fourth-order valence-electron chi connectivity index (χ4n) is 3.51. The molecule has 0 radical (unpaired) electrons. The van der Waals surface area contributed by atoms with Crippen LogP contribution in [0.3, 0.4) is 0 Å². The average Bonchev–Trinajstić information content (AvgIpc) is 3.08. The zero-order chi connectivity index (χ0) is 21.7. The van der Waals surface area contributed by atoms with Gasteiger partial charge in [0.1, 0.15) is 5.65 Å². The zero-order valence-corrected chi connectivity index (χ0v) is 16.8. The smallest absolute Gasteiger partial charge is 0.324 e. The summed E-state index contributed by atoms with van der Waals surface area (Å²) in [6.45, 7) is 3.57. The molecule has 0 aromatic carbocycles. The topological polar surface area (TPSA) is 136 Å². The quantitative estimate of drug-likeness (QED) is 0.480. The predicted molar refractivity (Wildman–Crippen MR) is 110 cm³/mol. The molecule has 4 heterocycles. The van der Waals surface area contributed by atoms with Gasteiger partial charge < -0.3 is 5.32 Å². The molecule has 154 valence electrons. The molecule has 0 aliphatic carbocycles. The van der Waals surface area contributed by atoms with E-state index in [1.54, 1.807) is 18.4 Å². The number of aromatic nitrogens is 6. The lowest BCUT2D eigenvalue weighted by Gasteiger charge is -2.12. The Morgan fingerprint density at radius 3 is 2.60 bits per heavy atom. The van der Waals surface area contributed by atoms with Crippen molar-refractivity contribution in [2.24, 2.45) is 14.1 Å². The molecule has 2 N–H and O–H groups in total. The van der Waals surface area contributed by atoms with E-state index in [1.165, 1.54) is 37.0 Å². The van der Waals surface area contributed by atoms with Crippen molar-refractivity contribution in [2.45, 2.75) is 20.3 Å². The summed E-state index contributed by atoms with van der Waals surface area (Å²) >= 11 is 0. The van der Waals surface area contributed by atoms with Gasteiger partial charge in [-0.3, -0.25) is 28.6 Å². The summed E-state index contributed by atoms with van der Waals surface area (Å²) in [6.07, 6.45) is 1.41. The van der Waals surface area contributed by atoms with Gasteiger partial charge in [0, 0.05) is 37.1 Å². The van der Waals surface area contributed by atoms with Gasteiger partial charge in [0.05, 0.1) is 23.7 Å². The Morgan fingerprint density at radius 2 is 1.87 bits per heavy atom. The van der Waals surface area contributed by atoms with Crippen LogP contribution in [0.5, 0.6) is 0 Å². The van der Waals surface area contributed by atoms with Crippen molar-refractivity contribution < 1.29 is 4.79 Å². The van der Waals surface area contributed by atoms with Gasteiger partial charge in [0.15, 0.2) is 5.65 Å². The van der Waals surface area contributed by atoms with Gasteiger partial charge in [-0.25, -0.2) is 19.3 Å². The monoisotopic (exact) mass is 409 g/mol. The number of aryl methyl sites for hydroxylation is 3. The minimum absolute atomic E-state index is 0.0180. The molecule has 11 nitrogen and oxygen atoms in total. The van der Waals surface area contributed by atoms with E-state index >= 15 is 0 Å². The zero-order valence-electron chi connectivity index (χ0n) is 16.8. The number of anilines is 1. The van der Waals surface area contributed by atoms with Crippen LogP contribution in [0.2, 0.25) is 0 Å². The number of aromatic amines is 1. The van der Waals surface area contributed by atoms with Crippen LogP contribution in [-0.4, -0.2) is 34.6 Å². The van der Waals surface area contributed by atoms with Crippen LogP contribution in [-0.2, 0) is 25.3 Å². The maximum absolute atomic E-state index is 12.7. The van der Waals surface area contributed by atoms with Crippen molar-refractivity contribution in [2.75, 3.05) is 5.32 Å². The Kier molecular flexibility index (Phi) is 4.37. The number of fused-ring (bicyclic) bond motifs is 2. The Labute approximate surface area is 168 Å². The van der Waals surface area contributed by atoms with Gasteiger partial charge in [-0.2, -0.15) is 0 Å². The number of hydrogen-bond acceptors (Lipinski definition) is 6. The number of H-pyrrole nitrogens is 1. The number of carbonyl (C=O) groups is 1. The van der Waals surface area contributed by atoms with Crippen LogP contribution in [0.4, 0.5) is 5.69 Å².